The van der Waals surface area contributed by atoms with Gasteiger partial charge in [-0.2, -0.15) is 0 Å². The molecule has 2 N–H and O–H groups in total. The van der Waals surface area contributed by atoms with Gasteiger partial charge >= 0.3 is 0 Å². The molecule has 2 aliphatic rings. The van der Waals surface area contributed by atoms with E-state index in [9.17, 15) is 0 Å². The minimum Gasteiger partial charge on any atom is -0.323 e. The summed E-state index contributed by atoms with van der Waals surface area (Å²) in [6.45, 7) is 7.56. The first-order valence-electron chi connectivity index (χ1n) is 10.0. The third-order valence-corrected chi connectivity index (χ3v) is 7.34. The summed E-state index contributed by atoms with van der Waals surface area (Å²) in [5, 5.41) is 5.95. The fraction of sp³-hybridized carbons (Fsp3) is 0.391. The topological polar surface area (TPSA) is 8.88 Å². The molecule has 0 bridgehead atoms. The fourth-order valence-electron chi connectivity index (χ4n) is 5.52. The van der Waals surface area contributed by atoms with Crippen LogP contribution in [0.3, 0.4) is 0 Å². The number of hydrogen-bond donors (Lipinski definition) is 2. The van der Waals surface area contributed by atoms with Crippen molar-refractivity contribution in [1.82, 2.24) is 0 Å². The normalized spacial score (nSPS) is 28.5. The monoisotopic (exact) mass is 366 g/mol. The summed E-state index contributed by atoms with van der Waals surface area (Å²) in [5.41, 5.74) is 1.48. The molecule has 134 valence electrons. The average molecular weight is 367 g/mol. The molecule has 0 aliphatic carbocycles. The quantitative estimate of drug-likeness (QED) is 0.645. The molecule has 3 heteroatoms. The van der Waals surface area contributed by atoms with E-state index in [4.69, 9.17) is 11.6 Å². The first kappa shape index (κ1) is 16.6. The van der Waals surface area contributed by atoms with Crippen LogP contribution in [0.2, 0.25) is 5.02 Å². The standard InChI is InChI=1S/C23H25ClN2/c1-16-22-11-6-12-25(22)13-14-26(16)15-21-17-7-2-4-9-19(17)23(24)20-10-5-3-8-18(20)21/h2-5,7-10,16,22H,6,11-15H2,1H3/p+2/t16-,22-/m1/s1. The van der Waals surface area contributed by atoms with E-state index in [-0.39, 0.29) is 0 Å². The Morgan fingerprint density at radius 3 is 2.15 bits per heavy atom. The lowest BCUT2D eigenvalue weighted by molar-refractivity contribution is -1.04. The number of nitrogens with one attached hydrogen (secondary N) is 2. The van der Waals surface area contributed by atoms with Crippen molar-refractivity contribution in [3.8, 4) is 0 Å². The SMILES string of the molecule is C[C@@H]1[C@H]2CCC[NH+]2CC[NH+]1Cc1c2ccccc2c(Cl)c2ccccc12. The largest absolute Gasteiger partial charge is 0.323 e. The van der Waals surface area contributed by atoms with E-state index in [1.165, 1.54) is 59.6 Å². The lowest BCUT2D eigenvalue weighted by Gasteiger charge is -2.38. The number of halogens is 1. The Morgan fingerprint density at radius 1 is 0.885 bits per heavy atom. The summed E-state index contributed by atoms with van der Waals surface area (Å²) >= 11 is 6.78. The molecule has 0 radical (unpaired) electrons. The Labute approximate surface area is 160 Å². The van der Waals surface area contributed by atoms with Crippen LogP contribution in [0.5, 0.6) is 0 Å². The minimum absolute atomic E-state index is 0.731. The van der Waals surface area contributed by atoms with Crippen molar-refractivity contribution in [3.63, 3.8) is 0 Å². The van der Waals surface area contributed by atoms with Crippen molar-refractivity contribution in [2.24, 2.45) is 0 Å². The van der Waals surface area contributed by atoms with Gasteiger partial charge in [-0.05, 0) is 17.7 Å². The van der Waals surface area contributed by atoms with Gasteiger partial charge in [0.25, 0.3) is 0 Å². The maximum absolute atomic E-state index is 6.78. The summed E-state index contributed by atoms with van der Waals surface area (Å²) < 4.78 is 0. The zero-order chi connectivity index (χ0) is 17.7. The Kier molecular flexibility index (Phi) is 4.16. The van der Waals surface area contributed by atoms with Gasteiger partial charge in [0.05, 0.1) is 11.6 Å². The van der Waals surface area contributed by atoms with Gasteiger partial charge in [0.1, 0.15) is 31.7 Å². The van der Waals surface area contributed by atoms with Gasteiger partial charge in [-0.25, -0.2) is 0 Å². The summed E-state index contributed by atoms with van der Waals surface area (Å²) in [4.78, 5) is 3.60. The van der Waals surface area contributed by atoms with Gasteiger partial charge in [0.2, 0.25) is 0 Å². The van der Waals surface area contributed by atoms with Crippen LogP contribution in [-0.4, -0.2) is 31.7 Å². The van der Waals surface area contributed by atoms with E-state index in [0.717, 1.165) is 23.7 Å². The molecule has 2 aliphatic heterocycles. The van der Waals surface area contributed by atoms with Crippen LogP contribution >= 0.6 is 11.6 Å². The van der Waals surface area contributed by atoms with Crippen molar-refractivity contribution in [2.45, 2.75) is 38.4 Å². The van der Waals surface area contributed by atoms with Crippen molar-refractivity contribution in [3.05, 3.63) is 59.1 Å². The molecule has 26 heavy (non-hydrogen) atoms. The van der Waals surface area contributed by atoms with Crippen molar-refractivity contribution >= 4 is 33.1 Å². The highest BCUT2D eigenvalue weighted by Gasteiger charge is 2.43. The first-order valence-corrected chi connectivity index (χ1v) is 10.4. The van der Waals surface area contributed by atoms with Crippen LogP contribution in [0.4, 0.5) is 0 Å². The predicted molar refractivity (Wildman–Crippen MR) is 109 cm³/mol. The molecule has 3 aromatic carbocycles. The molecular weight excluding hydrogens is 340 g/mol. The smallest absolute Gasteiger partial charge is 0.140 e. The van der Waals surface area contributed by atoms with Gasteiger partial charge in [-0.15, -0.1) is 0 Å². The summed E-state index contributed by atoms with van der Waals surface area (Å²) in [7, 11) is 0. The second kappa shape index (κ2) is 6.53. The Morgan fingerprint density at radius 2 is 1.50 bits per heavy atom. The predicted octanol–water partition coefficient (Wildman–Crippen LogP) is 2.48. The third kappa shape index (κ3) is 2.55. The van der Waals surface area contributed by atoms with Crippen molar-refractivity contribution in [1.29, 1.82) is 0 Å². The second-order valence-electron chi connectivity index (χ2n) is 8.16. The van der Waals surface area contributed by atoms with Crippen LogP contribution in [0.25, 0.3) is 21.5 Å². The summed E-state index contributed by atoms with van der Waals surface area (Å²) in [6, 6.07) is 18.9. The van der Waals surface area contributed by atoms with Crippen LogP contribution in [0.15, 0.2) is 48.5 Å². The zero-order valence-corrected chi connectivity index (χ0v) is 16.2. The molecule has 3 aromatic rings. The Hall–Kier alpha value is -1.61. The molecule has 0 aromatic heterocycles. The van der Waals surface area contributed by atoms with Gasteiger partial charge in [0, 0.05) is 29.2 Å². The number of hydrogen-bond acceptors (Lipinski definition) is 0. The van der Waals surface area contributed by atoms with Crippen molar-refractivity contribution in [2.75, 3.05) is 19.6 Å². The highest BCUT2D eigenvalue weighted by Crippen LogP contribution is 2.35. The maximum atomic E-state index is 6.78. The molecule has 5 rings (SSSR count). The Balaban J connectivity index is 1.62. The third-order valence-electron chi connectivity index (χ3n) is 6.93. The summed E-state index contributed by atoms with van der Waals surface area (Å²) in [6.07, 6.45) is 2.81. The molecule has 2 unspecified atom stereocenters. The summed E-state index contributed by atoms with van der Waals surface area (Å²) in [5.74, 6) is 0. The van der Waals surface area contributed by atoms with Gasteiger partial charge in [0.15, 0.2) is 0 Å². The molecule has 2 nitrogen and oxygen atoms in total. The highest BCUT2D eigenvalue weighted by molar-refractivity contribution is 6.41. The van der Waals surface area contributed by atoms with Crippen LogP contribution in [0.1, 0.15) is 25.3 Å². The Bertz CT molecular complexity index is 910. The number of fused-ring (bicyclic) bond motifs is 3. The second-order valence-corrected chi connectivity index (χ2v) is 8.54. The van der Waals surface area contributed by atoms with E-state index in [1.807, 2.05) is 4.90 Å². The van der Waals surface area contributed by atoms with E-state index in [2.05, 4.69) is 55.5 Å². The molecule has 0 spiro atoms. The number of piperazine rings is 1. The van der Waals surface area contributed by atoms with Gasteiger partial charge in [-0.1, -0.05) is 60.1 Å². The minimum atomic E-state index is 0.731. The van der Waals surface area contributed by atoms with Gasteiger partial charge in [-0.3, -0.25) is 0 Å². The molecule has 2 fully saturated rings. The van der Waals surface area contributed by atoms with Gasteiger partial charge < -0.3 is 9.80 Å². The molecule has 0 saturated carbocycles. The molecule has 4 atom stereocenters. The van der Waals surface area contributed by atoms with Crippen molar-refractivity contribution < 1.29 is 9.80 Å². The average Bonchev–Trinajstić information content (AvgIpc) is 3.16. The molecule has 0 amide bonds. The first-order chi connectivity index (χ1) is 12.7. The molecule has 2 heterocycles. The van der Waals surface area contributed by atoms with Crippen LogP contribution < -0.4 is 9.80 Å². The zero-order valence-electron chi connectivity index (χ0n) is 15.4. The van der Waals surface area contributed by atoms with E-state index in [0.29, 0.717) is 0 Å². The number of benzene rings is 3. The number of quaternary nitrogens is 2. The molecular formula is C23H27ClN2+2. The highest BCUT2D eigenvalue weighted by atomic mass is 35.5. The van der Waals surface area contributed by atoms with Crippen LogP contribution in [-0.2, 0) is 6.54 Å². The van der Waals surface area contributed by atoms with E-state index in [1.54, 1.807) is 4.90 Å². The molecule has 2 saturated heterocycles. The lowest BCUT2D eigenvalue weighted by atomic mass is 9.94. The number of rotatable bonds is 2. The lowest BCUT2D eigenvalue weighted by Crippen LogP contribution is -3.31. The fourth-order valence-corrected chi connectivity index (χ4v) is 5.85. The maximum Gasteiger partial charge on any atom is 0.140 e. The van der Waals surface area contributed by atoms with Crippen LogP contribution in [0, 0.1) is 0 Å². The van der Waals surface area contributed by atoms with E-state index >= 15 is 0 Å². The van der Waals surface area contributed by atoms with E-state index < -0.39 is 0 Å².